The van der Waals surface area contributed by atoms with Gasteiger partial charge in [0, 0.05) is 11.3 Å². The van der Waals surface area contributed by atoms with Gasteiger partial charge in [0.05, 0.1) is 6.04 Å². The van der Waals surface area contributed by atoms with Gasteiger partial charge >= 0.3 is 0 Å². The standard InChI is InChI=1S/C13H20BrNOS/c1-9(12-7-8-13(14)16-12)15-10-3-5-11(17-2)6-4-10/h7-11,15H,3-6H2,1-2H3. The Morgan fingerprint density at radius 2 is 2.06 bits per heavy atom. The lowest BCUT2D eigenvalue weighted by Gasteiger charge is -2.29. The molecule has 2 rings (SSSR count). The molecule has 0 spiro atoms. The van der Waals surface area contributed by atoms with Crippen molar-refractivity contribution >= 4 is 27.7 Å². The summed E-state index contributed by atoms with van der Waals surface area (Å²) in [5.74, 6) is 1.02. The van der Waals surface area contributed by atoms with Gasteiger partial charge in [0.15, 0.2) is 4.67 Å². The lowest BCUT2D eigenvalue weighted by molar-refractivity contribution is 0.324. The normalized spacial score (nSPS) is 27.0. The van der Waals surface area contributed by atoms with Crippen LogP contribution in [0.3, 0.4) is 0 Å². The van der Waals surface area contributed by atoms with Crippen molar-refractivity contribution in [3.63, 3.8) is 0 Å². The van der Waals surface area contributed by atoms with Crippen LogP contribution < -0.4 is 5.32 Å². The lowest BCUT2D eigenvalue weighted by Crippen LogP contribution is -2.35. The molecule has 0 amide bonds. The highest BCUT2D eigenvalue weighted by atomic mass is 79.9. The van der Waals surface area contributed by atoms with E-state index in [9.17, 15) is 0 Å². The van der Waals surface area contributed by atoms with Crippen LogP contribution in [0.4, 0.5) is 0 Å². The van der Waals surface area contributed by atoms with Gasteiger partial charge in [-0.2, -0.15) is 11.8 Å². The maximum absolute atomic E-state index is 5.58. The molecular weight excluding hydrogens is 298 g/mol. The predicted octanol–water partition coefficient (Wildman–Crippen LogP) is 4.37. The molecule has 1 fully saturated rings. The molecule has 1 atom stereocenters. The van der Waals surface area contributed by atoms with E-state index in [2.05, 4.69) is 34.4 Å². The highest BCUT2D eigenvalue weighted by Gasteiger charge is 2.22. The average molecular weight is 318 g/mol. The molecule has 1 aliphatic carbocycles. The van der Waals surface area contributed by atoms with Gasteiger partial charge < -0.3 is 9.73 Å². The van der Waals surface area contributed by atoms with Crippen molar-refractivity contribution in [3.05, 3.63) is 22.6 Å². The van der Waals surface area contributed by atoms with E-state index in [0.29, 0.717) is 12.1 Å². The van der Waals surface area contributed by atoms with Gasteiger partial charge in [-0.25, -0.2) is 0 Å². The van der Waals surface area contributed by atoms with Crippen LogP contribution in [0.5, 0.6) is 0 Å². The smallest absolute Gasteiger partial charge is 0.169 e. The minimum absolute atomic E-state index is 0.303. The Labute approximate surface area is 116 Å². The van der Waals surface area contributed by atoms with E-state index < -0.39 is 0 Å². The third-order valence-corrected chi connectivity index (χ3v) is 5.08. The molecule has 2 nitrogen and oxygen atoms in total. The molecule has 1 heterocycles. The molecule has 96 valence electrons. The third-order valence-electron chi connectivity index (χ3n) is 3.51. The van der Waals surface area contributed by atoms with E-state index in [-0.39, 0.29) is 0 Å². The molecule has 1 aromatic rings. The Balaban J connectivity index is 1.81. The van der Waals surface area contributed by atoms with Crippen molar-refractivity contribution in [1.29, 1.82) is 0 Å². The molecule has 1 N–H and O–H groups in total. The van der Waals surface area contributed by atoms with E-state index in [4.69, 9.17) is 4.42 Å². The van der Waals surface area contributed by atoms with Crippen LogP contribution in [-0.4, -0.2) is 17.5 Å². The van der Waals surface area contributed by atoms with Crippen molar-refractivity contribution in [1.82, 2.24) is 5.32 Å². The van der Waals surface area contributed by atoms with Crippen LogP contribution in [0.1, 0.15) is 44.4 Å². The number of nitrogens with one attached hydrogen (secondary N) is 1. The van der Waals surface area contributed by atoms with Gasteiger partial charge in [0.1, 0.15) is 5.76 Å². The summed E-state index contributed by atoms with van der Waals surface area (Å²) in [7, 11) is 0. The lowest BCUT2D eigenvalue weighted by atomic mass is 9.94. The second-order valence-electron chi connectivity index (χ2n) is 4.74. The summed E-state index contributed by atoms with van der Waals surface area (Å²) in [4.78, 5) is 0. The average Bonchev–Trinajstić information content (AvgIpc) is 2.77. The van der Waals surface area contributed by atoms with Gasteiger partial charge in [-0.15, -0.1) is 0 Å². The molecule has 17 heavy (non-hydrogen) atoms. The molecule has 4 heteroatoms. The van der Waals surface area contributed by atoms with Gasteiger partial charge in [-0.1, -0.05) is 0 Å². The fourth-order valence-electron chi connectivity index (χ4n) is 2.46. The van der Waals surface area contributed by atoms with Gasteiger partial charge in [0.25, 0.3) is 0 Å². The Bertz CT molecular complexity index is 347. The molecule has 1 saturated carbocycles. The van der Waals surface area contributed by atoms with Gasteiger partial charge in [-0.3, -0.25) is 0 Å². The highest BCUT2D eigenvalue weighted by Crippen LogP contribution is 2.28. The Kier molecular flexibility index (Phi) is 5.00. The van der Waals surface area contributed by atoms with Crippen LogP contribution in [0.15, 0.2) is 21.2 Å². The fourth-order valence-corrected chi connectivity index (χ4v) is 3.52. The predicted molar refractivity (Wildman–Crippen MR) is 77.5 cm³/mol. The van der Waals surface area contributed by atoms with Crippen molar-refractivity contribution in [2.45, 2.75) is 49.9 Å². The molecule has 0 saturated heterocycles. The second-order valence-corrected chi connectivity index (χ2v) is 6.66. The van der Waals surface area contributed by atoms with Crippen LogP contribution >= 0.6 is 27.7 Å². The van der Waals surface area contributed by atoms with Crippen LogP contribution in [0, 0.1) is 0 Å². The number of rotatable bonds is 4. The number of hydrogen-bond donors (Lipinski definition) is 1. The largest absolute Gasteiger partial charge is 0.453 e. The van der Waals surface area contributed by atoms with Crippen molar-refractivity contribution in [3.8, 4) is 0 Å². The summed E-state index contributed by atoms with van der Waals surface area (Å²) in [6.07, 6.45) is 7.48. The fraction of sp³-hybridized carbons (Fsp3) is 0.692. The quantitative estimate of drug-likeness (QED) is 0.892. The summed E-state index contributed by atoms with van der Waals surface area (Å²) >= 11 is 5.36. The number of thioether (sulfide) groups is 1. The van der Waals surface area contributed by atoms with E-state index in [1.807, 2.05) is 23.9 Å². The zero-order chi connectivity index (χ0) is 12.3. The topological polar surface area (TPSA) is 25.2 Å². The first kappa shape index (κ1) is 13.5. The molecule has 0 bridgehead atoms. The first-order valence-corrected chi connectivity index (χ1v) is 8.31. The van der Waals surface area contributed by atoms with E-state index in [0.717, 1.165) is 15.7 Å². The zero-order valence-corrected chi connectivity index (χ0v) is 12.8. The van der Waals surface area contributed by atoms with Gasteiger partial charge in [0.2, 0.25) is 0 Å². The van der Waals surface area contributed by atoms with Crippen molar-refractivity contribution < 1.29 is 4.42 Å². The first-order valence-electron chi connectivity index (χ1n) is 6.23. The Morgan fingerprint density at radius 3 is 2.59 bits per heavy atom. The van der Waals surface area contributed by atoms with Crippen LogP contribution in [-0.2, 0) is 0 Å². The van der Waals surface area contributed by atoms with Crippen molar-refractivity contribution in [2.75, 3.05) is 6.26 Å². The summed E-state index contributed by atoms with van der Waals surface area (Å²) in [6.45, 7) is 2.17. The molecule has 1 aromatic heterocycles. The molecule has 0 radical (unpaired) electrons. The Morgan fingerprint density at radius 1 is 1.35 bits per heavy atom. The first-order chi connectivity index (χ1) is 8.19. The third kappa shape index (κ3) is 3.76. The second kappa shape index (κ2) is 6.30. The number of furan rings is 1. The van der Waals surface area contributed by atoms with Gasteiger partial charge in [-0.05, 0) is 66.9 Å². The summed E-state index contributed by atoms with van der Waals surface area (Å²) in [5, 5.41) is 4.55. The minimum atomic E-state index is 0.303. The van der Waals surface area contributed by atoms with E-state index in [1.54, 1.807) is 0 Å². The van der Waals surface area contributed by atoms with Crippen LogP contribution in [0.2, 0.25) is 0 Å². The molecule has 0 aromatic carbocycles. The zero-order valence-electron chi connectivity index (χ0n) is 10.4. The van der Waals surface area contributed by atoms with Crippen molar-refractivity contribution in [2.24, 2.45) is 0 Å². The van der Waals surface area contributed by atoms with E-state index in [1.165, 1.54) is 25.7 Å². The molecule has 0 aliphatic heterocycles. The maximum atomic E-state index is 5.58. The summed E-state index contributed by atoms with van der Waals surface area (Å²) < 4.78 is 6.39. The van der Waals surface area contributed by atoms with E-state index >= 15 is 0 Å². The molecule has 1 aliphatic rings. The number of hydrogen-bond acceptors (Lipinski definition) is 3. The number of halogens is 1. The molecular formula is C13H20BrNOS. The maximum Gasteiger partial charge on any atom is 0.169 e. The monoisotopic (exact) mass is 317 g/mol. The molecule has 1 unspecified atom stereocenters. The Hall–Kier alpha value is 0.0700. The minimum Gasteiger partial charge on any atom is -0.453 e. The highest BCUT2D eigenvalue weighted by molar-refractivity contribution is 9.10. The summed E-state index contributed by atoms with van der Waals surface area (Å²) in [6, 6.07) is 4.95. The summed E-state index contributed by atoms with van der Waals surface area (Å²) in [5.41, 5.74) is 0. The SMILES string of the molecule is CSC1CCC(NC(C)c2ccc(Br)o2)CC1. The van der Waals surface area contributed by atoms with Crippen LogP contribution in [0.25, 0.3) is 0 Å².